The molecule has 0 saturated carbocycles. The second-order valence-corrected chi connectivity index (χ2v) is 3.93. The molecule has 13 heavy (non-hydrogen) atoms. The Hall–Kier alpha value is -0.560. The van der Waals surface area contributed by atoms with E-state index in [1.807, 2.05) is 0 Å². The Morgan fingerprint density at radius 3 is 2.31 bits per heavy atom. The van der Waals surface area contributed by atoms with E-state index in [4.69, 9.17) is 0 Å². The third kappa shape index (κ3) is 6.59. The Balaban J connectivity index is 4.10. The van der Waals surface area contributed by atoms with Crippen molar-refractivity contribution in [3.8, 4) is 0 Å². The third-order valence-corrected chi connectivity index (χ3v) is 1.89. The first-order valence-electron chi connectivity index (χ1n) is 5.09. The molecule has 0 atom stereocenters. The lowest BCUT2D eigenvalue weighted by molar-refractivity contribution is 0.456. The van der Waals surface area contributed by atoms with Gasteiger partial charge in [0.05, 0.1) is 0 Å². The van der Waals surface area contributed by atoms with E-state index in [0.717, 1.165) is 13.0 Å². The summed E-state index contributed by atoms with van der Waals surface area (Å²) in [5.41, 5.74) is 1.45. The van der Waals surface area contributed by atoms with E-state index >= 15 is 0 Å². The molecule has 0 unspecified atom stereocenters. The Bertz CT molecular complexity index is 176. The van der Waals surface area contributed by atoms with Gasteiger partial charge in [0.25, 0.3) is 0 Å². The fourth-order valence-corrected chi connectivity index (χ4v) is 1.13. The molecule has 0 aliphatic rings. The van der Waals surface area contributed by atoms with Gasteiger partial charge in [0.15, 0.2) is 0 Å². The van der Waals surface area contributed by atoms with Crippen molar-refractivity contribution >= 4 is 0 Å². The van der Waals surface area contributed by atoms with Crippen LogP contribution < -0.4 is 0 Å². The molecule has 0 aromatic carbocycles. The van der Waals surface area contributed by atoms with Gasteiger partial charge in [-0.1, -0.05) is 39.0 Å². The molecule has 0 N–H and O–H groups in total. The van der Waals surface area contributed by atoms with E-state index in [2.05, 4.69) is 58.0 Å². The summed E-state index contributed by atoms with van der Waals surface area (Å²) < 4.78 is 0. The lowest BCUT2D eigenvalue weighted by Crippen LogP contribution is -2.10. The minimum absolute atomic E-state index is 0.637. The molecule has 0 spiro atoms. The van der Waals surface area contributed by atoms with Gasteiger partial charge in [-0.25, -0.2) is 0 Å². The van der Waals surface area contributed by atoms with Crippen molar-refractivity contribution in [2.75, 3.05) is 20.6 Å². The van der Waals surface area contributed by atoms with Crippen molar-refractivity contribution in [1.82, 2.24) is 4.90 Å². The average molecular weight is 181 g/mol. The fourth-order valence-electron chi connectivity index (χ4n) is 1.13. The maximum atomic E-state index is 2.30. The van der Waals surface area contributed by atoms with Gasteiger partial charge in [-0.15, -0.1) is 0 Å². The Kier molecular flexibility index (Phi) is 6.61. The summed E-state index contributed by atoms with van der Waals surface area (Å²) in [7, 11) is 4.17. The molecule has 1 heteroatoms. The Morgan fingerprint density at radius 1 is 1.31 bits per heavy atom. The lowest BCUT2D eigenvalue weighted by atomic mass is 10.0. The molecule has 0 aromatic rings. The van der Waals surface area contributed by atoms with Crippen molar-refractivity contribution in [1.29, 1.82) is 0 Å². The van der Waals surface area contributed by atoms with Gasteiger partial charge in [-0.3, -0.25) is 0 Å². The number of rotatable bonds is 5. The molecule has 0 saturated heterocycles. The monoisotopic (exact) mass is 181 g/mol. The SMILES string of the molecule is CC/C=C(/C=C/CN(C)C)C(C)C. The largest absolute Gasteiger partial charge is 0.306 e. The van der Waals surface area contributed by atoms with Crippen LogP contribution in [0.2, 0.25) is 0 Å². The van der Waals surface area contributed by atoms with Crippen molar-refractivity contribution in [3.05, 3.63) is 23.8 Å². The normalized spacial score (nSPS) is 13.6. The van der Waals surface area contributed by atoms with E-state index in [1.165, 1.54) is 5.57 Å². The first-order chi connectivity index (χ1) is 6.07. The smallest absolute Gasteiger partial charge is 0.0160 e. The van der Waals surface area contributed by atoms with E-state index < -0.39 is 0 Å². The fraction of sp³-hybridized carbons (Fsp3) is 0.667. The highest BCUT2D eigenvalue weighted by atomic mass is 15.0. The van der Waals surface area contributed by atoms with Gasteiger partial charge in [0.1, 0.15) is 0 Å². The predicted octanol–water partition coefficient (Wildman–Crippen LogP) is 3.10. The van der Waals surface area contributed by atoms with Crippen LogP contribution in [0, 0.1) is 5.92 Å². The van der Waals surface area contributed by atoms with Gasteiger partial charge in [-0.2, -0.15) is 0 Å². The summed E-state index contributed by atoms with van der Waals surface area (Å²) in [5, 5.41) is 0. The highest BCUT2D eigenvalue weighted by Gasteiger charge is 1.96. The number of nitrogens with zero attached hydrogens (tertiary/aromatic N) is 1. The maximum absolute atomic E-state index is 2.30. The molecule has 0 rings (SSSR count). The molecule has 0 amide bonds. The van der Waals surface area contributed by atoms with Crippen LogP contribution in [0.5, 0.6) is 0 Å². The summed E-state index contributed by atoms with van der Waals surface area (Å²) in [6.45, 7) is 7.68. The van der Waals surface area contributed by atoms with Crippen LogP contribution in [-0.4, -0.2) is 25.5 Å². The third-order valence-electron chi connectivity index (χ3n) is 1.89. The summed E-state index contributed by atoms with van der Waals surface area (Å²) in [4.78, 5) is 2.17. The molecule has 0 radical (unpaired) electrons. The van der Waals surface area contributed by atoms with Gasteiger partial charge < -0.3 is 4.90 Å². The molecule has 0 aliphatic heterocycles. The Labute approximate surface area is 83.1 Å². The summed E-state index contributed by atoms with van der Waals surface area (Å²) in [6, 6.07) is 0. The van der Waals surface area contributed by atoms with Gasteiger partial charge in [0, 0.05) is 6.54 Å². The highest BCUT2D eigenvalue weighted by Crippen LogP contribution is 2.11. The van der Waals surface area contributed by atoms with Crippen LogP contribution in [0.3, 0.4) is 0 Å². The Morgan fingerprint density at radius 2 is 1.92 bits per heavy atom. The minimum Gasteiger partial charge on any atom is -0.306 e. The second kappa shape index (κ2) is 6.90. The first-order valence-corrected chi connectivity index (χ1v) is 5.09. The predicted molar refractivity (Wildman–Crippen MR) is 60.9 cm³/mol. The molecule has 0 fully saturated rings. The van der Waals surface area contributed by atoms with Crippen LogP contribution in [0.4, 0.5) is 0 Å². The van der Waals surface area contributed by atoms with Gasteiger partial charge in [-0.05, 0) is 32.0 Å². The quantitative estimate of drug-likeness (QED) is 0.589. The van der Waals surface area contributed by atoms with Gasteiger partial charge >= 0.3 is 0 Å². The zero-order chi connectivity index (χ0) is 10.3. The van der Waals surface area contributed by atoms with E-state index in [1.54, 1.807) is 0 Å². The van der Waals surface area contributed by atoms with Crippen LogP contribution in [0.15, 0.2) is 23.8 Å². The van der Waals surface area contributed by atoms with Gasteiger partial charge in [0.2, 0.25) is 0 Å². The molecule has 0 aromatic heterocycles. The highest BCUT2D eigenvalue weighted by molar-refractivity contribution is 5.20. The van der Waals surface area contributed by atoms with E-state index in [-0.39, 0.29) is 0 Å². The summed E-state index contributed by atoms with van der Waals surface area (Å²) in [5.74, 6) is 0.637. The van der Waals surface area contributed by atoms with Crippen LogP contribution in [0.25, 0.3) is 0 Å². The topological polar surface area (TPSA) is 3.24 Å². The zero-order valence-corrected chi connectivity index (χ0v) is 9.67. The van der Waals surface area contributed by atoms with Crippen molar-refractivity contribution < 1.29 is 0 Å². The van der Waals surface area contributed by atoms with Crippen molar-refractivity contribution in [2.24, 2.45) is 5.92 Å². The maximum Gasteiger partial charge on any atom is 0.0160 e. The average Bonchev–Trinajstić information content (AvgIpc) is 2.02. The van der Waals surface area contributed by atoms with Crippen LogP contribution in [-0.2, 0) is 0 Å². The van der Waals surface area contributed by atoms with Crippen molar-refractivity contribution in [3.63, 3.8) is 0 Å². The first kappa shape index (κ1) is 12.4. The number of allylic oxidation sites excluding steroid dienone is 3. The molecule has 0 aliphatic carbocycles. The standard InChI is InChI=1S/C12H23N/c1-6-8-12(11(2)3)9-7-10-13(4)5/h7-9,11H,6,10H2,1-5H3/b9-7+,12-8-. The van der Waals surface area contributed by atoms with Crippen molar-refractivity contribution in [2.45, 2.75) is 27.2 Å². The molecule has 1 nitrogen and oxygen atoms in total. The number of likely N-dealkylation sites (N-methyl/N-ethyl adjacent to an activating group) is 1. The molecular formula is C12H23N. The van der Waals surface area contributed by atoms with E-state index in [0.29, 0.717) is 5.92 Å². The zero-order valence-electron chi connectivity index (χ0n) is 9.67. The molecular weight excluding hydrogens is 158 g/mol. The summed E-state index contributed by atoms with van der Waals surface area (Å²) >= 11 is 0. The minimum atomic E-state index is 0.637. The molecule has 0 heterocycles. The number of hydrogen-bond acceptors (Lipinski definition) is 1. The molecule has 0 bridgehead atoms. The van der Waals surface area contributed by atoms with Crippen LogP contribution in [0.1, 0.15) is 27.2 Å². The summed E-state index contributed by atoms with van der Waals surface area (Å²) in [6.07, 6.45) is 7.90. The lowest BCUT2D eigenvalue weighted by Gasteiger charge is -2.07. The van der Waals surface area contributed by atoms with E-state index in [9.17, 15) is 0 Å². The van der Waals surface area contributed by atoms with Crippen LogP contribution >= 0.6 is 0 Å². The molecule has 76 valence electrons. The second-order valence-electron chi connectivity index (χ2n) is 3.93. The number of hydrogen-bond donors (Lipinski definition) is 0.